The first-order valence-electron chi connectivity index (χ1n) is 8.41. The molecular formula is C17H32N2O3. The molecule has 1 amide bonds. The first-order valence-corrected chi connectivity index (χ1v) is 8.41. The van der Waals surface area contributed by atoms with Gasteiger partial charge in [-0.2, -0.15) is 0 Å². The van der Waals surface area contributed by atoms with Gasteiger partial charge in [-0.1, -0.05) is 13.8 Å². The van der Waals surface area contributed by atoms with E-state index in [2.05, 4.69) is 24.5 Å². The highest BCUT2D eigenvalue weighted by molar-refractivity contribution is 5.77. The SMILES string of the molecule is CC(C)CCC(=O)NC1CCCNCC1OC(=O)C(C)(C)C. The summed E-state index contributed by atoms with van der Waals surface area (Å²) in [7, 11) is 0. The van der Waals surface area contributed by atoms with E-state index < -0.39 is 5.41 Å². The Labute approximate surface area is 134 Å². The number of hydrogen-bond acceptors (Lipinski definition) is 4. The smallest absolute Gasteiger partial charge is 0.311 e. The Morgan fingerprint density at radius 2 is 2.00 bits per heavy atom. The molecule has 1 fully saturated rings. The number of amides is 1. The van der Waals surface area contributed by atoms with Crippen LogP contribution >= 0.6 is 0 Å². The lowest BCUT2D eigenvalue weighted by atomic mass is 9.97. The second-order valence-corrected chi connectivity index (χ2v) is 7.65. The molecule has 2 unspecified atom stereocenters. The highest BCUT2D eigenvalue weighted by Crippen LogP contribution is 2.19. The molecule has 1 aliphatic heterocycles. The first kappa shape index (κ1) is 18.9. The minimum Gasteiger partial charge on any atom is -0.458 e. The van der Waals surface area contributed by atoms with Crippen molar-refractivity contribution in [2.45, 2.75) is 72.4 Å². The predicted molar refractivity (Wildman–Crippen MR) is 87.4 cm³/mol. The summed E-state index contributed by atoms with van der Waals surface area (Å²) in [6.07, 6.45) is 2.92. The normalized spacial score (nSPS) is 23.0. The summed E-state index contributed by atoms with van der Waals surface area (Å²) in [5.41, 5.74) is -0.529. The number of hydrogen-bond donors (Lipinski definition) is 2. The van der Waals surface area contributed by atoms with E-state index in [0.717, 1.165) is 25.8 Å². The molecule has 0 spiro atoms. The minimum atomic E-state index is -0.529. The zero-order valence-corrected chi connectivity index (χ0v) is 14.7. The van der Waals surface area contributed by atoms with E-state index in [9.17, 15) is 9.59 Å². The van der Waals surface area contributed by atoms with Crippen LogP contribution in [0.2, 0.25) is 0 Å². The van der Waals surface area contributed by atoms with Crippen molar-refractivity contribution in [1.29, 1.82) is 0 Å². The molecule has 0 aromatic heterocycles. The van der Waals surface area contributed by atoms with Gasteiger partial charge in [0.1, 0.15) is 6.10 Å². The summed E-state index contributed by atoms with van der Waals surface area (Å²) >= 11 is 0. The van der Waals surface area contributed by atoms with E-state index >= 15 is 0 Å². The molecule has 0 saturated carbocycles. The summed E-state index contributed by atoms with van der Waals surface area (Å²) in [6.45, 7) is 11.2. The zero-order valence-electron chi connectivity index (χ0n) is 14.7. The summed E-state index contributed by atoms with van der Waals surface area (Å²) < 4.78 is 5.66. The standard InChI is InChI=1S/C17H32N2O3/c1-12(2)8-9-15(20)19-13-7-6-10-18-11-14(13)22-16(21)17(3,4)5/h12-14,18H,6-11H2,1-5H3,(H,19,20). The molecule has 22 heavy (non-hydrogen) atoms. The third-order valence-corrected chi connectivity index (χ3v) is 3.83. The van der Waals surface area contributed by atoms with Crippen LogP contribution in [-0.2, 0) is 14.3 Å². The number of rotatable bonds is 5. The summed E-state index contributed by atoms with van der Waals surface area (Å²) in [5, 5.41) is 6.34. The molecule has 2 N–H and O–H groups in total. The average Bonchev–Trinajstić information content (AvgIpc) is 2.61. The van der Waals surface area contributed by atoms with Crippen LogP contribution in [0.4, 0.5) is 0 Å². The average molecular weight is 312 g/mol. The topological polar surface area (TPSA) is 67.4 Å². The van der Waals surface area contributed by atoms with Crippen LogP contribution in [0, 0.1) is 11.3 Å². The lowest BCUT2D eigenvalue weighted by Crippen LogP contribution is -2.48. The number of ether oxygens (including phenoxy) is 1. The van der Waals surface area contributed by atoms with Gasteiger partial charge in [0.05, 0.1) is 11.5 Å². The lowest BCUT2D eigenvalue weighted by Gasteiger charge is -2.29. The van der Waals surface area contributed by atoms with E-state index in [4.69, 9.17) is 4.74 Å². The number of nitrogens with one attached hydrogen (secondary N) is 2. The molecule has 0 aromatic carbocycles. The maximum atomic E-state index is 12.1. The molecule has 2 atom stereocenters. The van der Waals surface area contributed by atoms with Crippen molar-refractivity contribution in [2.75, 3.05) is 13.1 Å². The summed E-state index contributed by atoms with van der Waals surface area (Å²) in [4.78, 5) is 24.2. The van der Waals surface area contributed by atoms with Gasteiger partial charge < -0.3 is 15.4 Å². The minimum absolute atomic E-state index is 0.0532. The first-order chi connectivity index (χ1) is 10.2. The van der Waals surface area contributed by atoms with Gasteiger partial charge in [0.25, 0.3) is 0 Å². The van der Waals surface area contributed by atoms with Crippen LogP contribution in [0.15, 0.2) is 0 Å². The van der Waals surface area contributed by atoms with Gasteiger partial charge in [-0.3, -0.25) is 9.59 Å². The predicted octanol–water partition coefficient (Wildman–Crippen LogP) is 2.25. The molecular weight excluding hydrogens is 280 g/mol. The van der Waals surface area contributed by atoms with Crippen molar-refractivity contribution in [2.24, 2.45) is 11.3 Å². The molecule has 5 nitrogen and oxygen atoms in total. The van der Waals surface area contributed by atoms with E-state index in [-0.39, 0.29) is 24.0 Å². The highest BCUT2D eigenvalue weighted by Gasteiger charge is 2.32. The van der Waals surface area contributed by atoms with Crippen LogP contribution < -0.4 is 10.6 Å². The Hall–Kier alpha value is -1.10. The fourth-order valence-corrected chi connectivity index (χ4v) is 2.32. The van der Waals surface area contributed by atoms with Crippen LogP contribution in [0.3, 0.4) is 0 Å². The van der Waals surface area contributed by atoms with E-state index in [1.807, 2.05) is 20.8 Å². The molecule has 128 valence electrons. The van der Waals surface area contributed by atoms with Crippen LogP contribution in [0.1, 0.15) is 60.3 Å². The maximum Gasteiger partial charge on any atom is 0.311 e. The van der Waals surface area contributed by atoms with Gasteiger partial charge >= 0.3 is 5.97 Å². The fourth-order valence-electron chi connectivity index (χ4n) is 2.32. The number of carbonyl (C=O) groups is 2. The van der Waals surface area contributed by atoms with Crippen molar-refractivity contribution in [1.82, 2.24) is 10.6 Å². The van der Waals surface area contributed by atoms with Gasteiger partial charge in [0.15, 0.2) is 0 Å². The Balaban J connectivity index is 2.62. The summed E-state index contributed by atoms with van der Waals surface area (Å²) in [5.74, 6) is 0.344. The Kier molecular flexibility index (Phi) is 7.33. The van der Waals surface area contributed by atoms with Crippen LogP contribution in [0.25, 0.3) is 0 Å². The molecule has 1 saturated heterocycles. The third kappa shape index (κ3) is 6.77. The zero-order chi connectivity index (χ0) is 16.8. The van der Waals surface area contributed by atoms with Crippen molar-refractivity contribution >= 4 is 11.9 Å². The van der Waals surface area contributed by atoms with Crippen LogP contribution in [0.5, 0.6) is 0 Å². The molecule has 1 aliphatic rings. The molecule has 5 heteroatoms. The Morgan fingerprint density at radius 3 is 2.59 bits per heavy atom. The summed E-state index contributed by atoms with van der Waals surface area (Å²) in [6, 6.07) is -0.0963. The monoisotopic (exact) mass is 312 g/mol. The van der Waals surface area contributed by atoms with Crippen molar-refractivity contribution < 1.29 is 14.3 Å². The second-order valence-electron chi connectivity index (χ2n) is 7.65. The van der Waals surface area contributed by atoms with Crippen LogP contribution in [-0.4, -0.2) is 37.1 Å². The van der Waals surface area contributed by atoms with Gasteiger partial charge in [-0.15, -0.1) is 0 Å². The van der Waals surface area contributed by atoms with E-state index in [1.165, 1.54) is 0 Å². The van der Waals surface area contributed by atoms with Gasteiger partial charge in [-0.05, 0) is 52.5 Å². The lowest BCUT2D eigenvalue weighted by molar-refractivity contribution is -0.160. The number of esters is 1. The quantitative estimate of drug-likeness (QED) is 0.764. The molecule has 0 bridgehead atoms. The molecule has 1 heterocycles. The molecule has 1 rings (SSSR count). The van der Waals surface area contributed by atoms with E-state index in [1.54, 1.807) is 0 Å². The largest absolute Gasteiger partial charge is 0.458 e. The Morgan fingerprint density at radius 1 is 1.32 bits per heavy atom. The molecule has 0 aliphatic carbocycles. The fraction of sp³-hybridized carbons (Fsp3) is 0.882. The molecule has 0 radical (unpaired) electrons. The van der Waals surface area contributed by atoms with Crippen molar-refractivity contribution in [3.05, 3.63) is 0 Å². The maximum absolute atomic E-state index is 12.1. The highest BCUT2D eigenvalue weighted by atomic mass is 16.5. The van der Waals surface area contributed by atoms with Crippen molar-refractivity contribution in [3.8, 4) is 0 Å². The third-order valence-electron chi connectivity index (χ3n) is 3.83. The molecule has 0 aromatic rings. The van der Waals surface area contributed by atoms with Gasteiger partial charge in [0.2, 0.25) is 5.91 Å². The second kappa shape index (κ2) is 8.51. The van der Waals surface area contributed by atoms with E-state index in [0.29, 0.717) is 18.9 Å². The van der Waals surface area contributed by atoms with Gasteiger partial charge in [-0.25, -0.2) is 0 Å². The van der Waals surface area contributed by atoms with Gasteiger partial charge in [0, 0.05) is 13.0 Å². The Bertz CT molecular complexity index is 375. The van der Waals surface area contributed by atoms with Crippen molar-refractivity contribution in [3.63, 3.8) is 0 Å². The number of carbonyl (C=O) groups excluding carboxylic acids is 2.